The lowest BCUT2D eigenvalue weighted by Gasteiger charge is -2.27. The monoisotopic (exact) mass is 491 g/mol. The molecule has 1 N–H and O–H groups in total. The zero-order chi connectivity index (χ0) is 26.2. The first-order valence-electron chi connectivity index (χ1n) is 11.9. The maximum atomic E-state index is 13.6. The molecule has 0 aromatic heterocycles. The number of hydrogen-bond donors (Lipinski definition) is 1. The third-order valence-corrected chi connectivity index (χ3v) is 5.71. The molecule has 190 valence electrons. The summed E-state index contributed by atoms with van der Waals surface area (Å²) >= 11 is 0. The fourth-order valence-electron chi connectivity index (χ4n) is 3.94. The van der Waals surface area contributed by atoms with Crippen LogP contribution in [0, 0.1) is 11.7 Å². The van der Waals surface area contributed by atoms with Gasteiger partial charge in [0, 0.05) is 50.5 Å². The van der Waals surface area contributed by atoms with E-state index in [0.717, 1.165) is 16.8 Å². The molecule has 0 heterocycles. The van der Waals surface area contributed by atoms with Crippen molar-refractivity contribution in [1.82, 2.24) is 4.90 Å². The van der Waals surface area contributed by atoms with E-state index in [9.17, 15) is 14.0 Å². The van der Waals surface area contributed by atoms with E-state index < -0.39 is 0 Å². The van der Waals surface area contributed by atoms with Gasteiger partial charge in [-0.2, -0.15) is 0 Å². The molecule has 0 saturated heterocycles. The van der Waals surface area contributed by atoms with Gasteiger partial charge in [-0.25, -0.2) is 4.39 Å². The summed E-state index contributed by atoms with van der Waals surface area (Å²) in [5.74, 6) is 0.369. The lowest BCUT2D eigenvalue weighted by molar-refractivity contribution is -0.116. The zero-order valence-corrected chi connectivity index (χ0v) is 21.5. The van der Waals surface area contributed by atoms with Crippen molar-refractivity contribution in [3.8, 4) is 5.75 Å². The molecule has 0 aliphatic heterocycles. The van der Waals surface area contributed by atoms with E-state index in [1.165, 1.54) is 12.1 Å². The number of nitrogens with zero attached hydrogens (tertiary/aromatic N) is 2. The third-order valence-electron chi connectivity index (χ3n) is 5.71. The highest BCUT2D eigenvalue weighted by Crippen LogP contribution is 2.27. The normalized spacial score (nSPS) is 10.8. The van der Waals surface area contributed by atoms with Crippen LogP contribution in [0.5, 0.6) is 5.75 Å². The molecule has 3 rings (SSSR count). The summed E-state index contributed by atoms with van der Waals surface area (Å²) in [6.07, 6.45) is 0.428. The molecule has 3 aromatic carbocycles. The fourth-order valence-corrected chi connectivity index (χ4v) is 3.94. The Morgan fingerprint density at radius 3 is 2.19 bits per heavy atom. The van der Waals surface area contributed by atoms with Crippen molar-refractivity contribution in [2.45, 2.75) is 33.4 Å². The molecule has 0 unspecified atom stereocenters. The molecule has 0 atom stereocenters. The Balaban J connectivity index is 1.95. The number of carbonyl (C=O) groups excluding carboxylic acids is 2. The SMILES string of the molecule is COc1ccc(C(=O)N(Cc2ccc(F)cc2)Cc2cc(NC(=O)CC(C)C)ccc2N(C)C)cc1. The summed E-state index contributed by atoms with van der Waals surface area (Å²) in [7, 11) is 5.45. The second-order valence-electron chi connectivity index (χ2n) is 9.40. The largest absolute Gasteiger partial charge is 0.497 e. The molecule has 0 spiro atoms. The van der Waals surface area contributed by atoms with Crippen molar-refractivity contribution < 1.29 is 18.7 Å². The number of anilines is 2. The second kappa shape index (κ2) is 12.2. The van der Waals surface area contributed by atoms with Crippen LogP contribution in [-0.2, 0) is 17.9 Å². The van der Waals surface area contributed by atoms with Crippen LogP contribution in [0.2, 0.25) is 0 Å². The van der Waals surface area contributed by atoms with Crippen LogP contribution in [0.3, 0.4) is 0 Å². The first-order valence-corrected chi connectivity index (χ1v) is 11.9. The number of benzene rings is 3. The Labute approximate surface area is 212 Å². The number of rotatable bonds is 10. The van der Waals surface area contributed by atoms with Crippen molar-refractivity contribution in [3.05, 3.63) is 89.2 Å². The molecule has 0 saturated carbocycles. The highest BCUT2D eigenvalue weighted by Gasteiger charge is 2.20. The Bertz CT molecular complexity index is 1180. The minimum Gasteiger partial charge on any atom is -0.497 e. The van der Waals surface area contributed by atoms with Crippen LogP contribution in [0.4, 0.5) is 15.8 Å². The van der Waals surface area contributed by atoms with Crippen molar-refractivity contribution in [3.63, 3.8) is 0 Å². The number of ether oxygens (including phenoxy) is 1. The topological polar surface area (TPSA) is 61.9 Å². The Morgan fingerprint density at radius 1 is 0.944 bits per heavy atom. The van der Waals surface area contributed by atoms with Gasteiger partial charge in [0.1, 0.15) is 11.6 Å². The predicted molar refractivity (Wildman–Crippen MR) is 142 cm³/mol. The summed E-state index contributed by atoms with van der Waals surface area (Å²) < 4.78 is 18.7. The van der Waals surface area contributed by atoms with E-state index in [2.05, 4.69) is 5.32 Å². The summed E-state index contributed by atoms with van der Waals surface area (Å²) in [6.45, 7) is 4.59. The molecule has 0 aliphatic carbocycles. The molecule has 36 heavy (non-hydrogen) atoms. The standard InChI is InChI=1S/C29H34FN3O3/c1-20(2)16-28(34)31-25-12-15-27(32(3)4)23(17-25)19-33(18-21-6-10-24(30)11-7-21)29(35)22-8-13-26(36-5)14-9-22/h6-15,17,20H,16,18-19H2,1-5H3,(H,31,34). The van der Waals surface area contributed by atoms with E-state index >= 15 is 0 Å². The predicted octanol–water partition coefficient (Wildman–Crippen LogP) is 5.73. The summed E-state index contributed by atoms with van der Waals surface area (Å²) in [5, 5.41) is 2.97. The molecular weight excluding hydrogens is 457 g/mol. The van der Waals surface area contributed by atoms with Crippen LogP contribution in [0.25, 0.3) is 0 Å². The maximum Gasteiger partial charge on any atom is 0.254 e. The van der Waals surface area contributed by atoms with Crippen molar-refractivity contribution in [2.75, 3.05) is 31.4 Å². The van der Waals surface area contributed by atoms with Gasteiger partial charge in [-0.1, -0.05) is 26.0 Å². The first-order chi connectivity index (χ1) is 17.2. The van der Waals surface area contributed by atoms with Crippen LogP contribution in [0.1, 0.15) is 41.8 Å². The van der Waals surface area contributed by atoms with Gasteiger partial charge in [-0.3, -0.25) is 9.59 Å². The Hall–Kier alpha value is -3.87. The molecule has 3 aromatic rings. The Morgan fingerprint density at radius 2 is 1.61 bits per heavy atom. The van der Waals surface area contributed by atoms with Crippen LogP contribution >= 0.6 is 0 Å². The number of halogens is 1. The summed E-state index contributed by atoms with van der Waals surface area (Å²) in [5.41, 5.74) is 3.83. The van der Waals surface area contributed by atoms with E-state index in [0.29, 0.717) is 36.5 Å². The van der Waals surface area contributed by atoms with E-state index in [1.54, 1.807) is 48.4 Å². The van der Waals surface area contributed by atoms with Crippen LogP contribution in [-0.4, -0.2) is 37.9 Å². The number of nitrogens with one attached hydrogen (secondary N) is 1. The quantitative estimate of drug-likeness (QED) is 0.394. The van der Waals surface area contributed by atoms with Gasteiger partial charge in [-0.05, 0) is 71.6 Å². The number of hydrogen-bond acceptors (Lipinski definition) is 4. The number of carbonyl (C=O) groups is 2. The van der Waals surface area contributed by atoms with Crippen molar-refractivity contribution in [2.24, 2.45) is 5.92 Å². The first kappa shape index (κ1) is 26.7. The van der Waals surface area contributed by atoms with Gasteiger partial charge in [0.05, 0.1) is 7.11 Å². The van der Waals surface area contributed by atoms with E-state index in [1.807, 2.05) is 51.0 Å². The van der Waals surface area contributed by atoms with Gasteiger partial charge in [-0.15, -0.1) is 0 Å². The Kier molecular flexibility index (Phi) is 9.06. The highest BCUT2D eigenvalue weighted by molar-refractivity contribution is 5.94. The average Bonchev–Trinajstić information content (AvgIpc) is 2.84. The molecular formula is C29H34FN3O3. The summed E-state index contributed by atoms with van der Waals surface area (Å²) in [4.78, 5) is 29.7. The minimum absolute atomic E-state index is 0.0500. The van der Waals surface area contributed by atoms with Gasteiger partial charge < -0.3 is 19.9 Å². The molecule has 0 fully saturated rings. The molecule has 0 aliphatic rings. The highest BCUT2D eigenvalue weighted by atomic mass is 19.1. The maximum absolute atomic E-state index is 13.6. The zero-order valence-electron chi connectivity index (χ0n) is 21.5. The van der Waals surface area contributed by atoms with Crippen molar-refractivity contribution >= 4 is 23.2 Å². The van der Waals surface area contributed by atoms with E-state index in [-0.39, 0.29) is 23.5 Å². The van der Waals surface area contributed by atoms with Crippen LogP contribution < -0.4 is 15.0 Å². The van der Waals surface area contributed by atoms with Crippen LogP contribution in [0.15, 0.2) is 66.7 Å². The molecule has 2 amide bonds. The summed E-state index contributed by atoms with van der Waals surface area (Å²) in [6, 6.07) is 18.8. The molecule has 0 bridgehead atoms. The average molecular weight is 492 g/mol. The van der Waals surface area contributed by atoms with Crippen molar-refractivity contribution in [1.29, 1.82) is 0 Å². The smallest absolute Gasteiger partial charge is 0.254 e. The molecule has 7 heteroatoms. The van der Waals surface area contributed by atoms with Gasteiger partial charge in [0.15, 0.2) is 0 Å². The van der Waals surface area contributed by atoms with Gasteiger partial charge >= 0.3 is 0 Å². The second-order valence-corrected chi connectivity index (χ2v) is 9.40. The number of methoxy groups -OCH3 is 1. The number of amides is 2. The van der Waals surface area contributed by atoms with Gasteiger partial charge in [0.2, 0.25) is 5.91 Å². The molecule has 6 nitrogen and oxygen atoms in total. The minimum atomic E-state index is -0.327. The van der Waals surface area contributed by atoms with Gasteiger partial charge in [0.25, 0.3) is 5.91 Å². The lowest BCUT2D eigenvalue weighted by Crippen LogP contribution is -2.31. The van der Waals surface area contributed by atoms with E-state index in [4.69, 9.17) is 4.74 Å². The molecule has 0 radical (unpaired) electrons. The third kappa shape index (κ3) is 7.31. The fraction of sp³-hybridized carbons (Fsp3) is 0.310. The lowest BCUT2D eigenvalue weighted by atomic mass is 10.1.